The van der Waals surface area contributed by atoms with Crippen LogP contribution in [-0.2, 0) is 5.75 Å². The van der Waals surface area contributed by atoms with Crippen molar-refractivity contribution in [3.63, 3.8) is 0 Å². The number of nitrogens with zero attached hydrogens (tertiary/aromatic N) is 1. The highest BCUT2D eigenvalue weighted by Gasteiger charge is 2.07. The van der Waals surface area contributed by atoms with Crippen LogP contribution in [-0.4, -0.2) is 15.9 Å². The lowest BCUT2D eigenvalue weighted by Gasteiger charge is -2.09. The number of aromatic carboxylic acids is 1. The minimum absolute atomic E-state index is 0.135. The average molecular weight is 311 g/mol. The molecule has 0 saturated carbocycles. The third kappa shape index (κ3) is 2.87. The SMILES string of the molecule is O=C([O-])c1ccccc1SCc1nc2ccccc2c(=O)[nH]1. The molecule has 6 heteroatoms. The van der Waals surface area contributed by atoms with Crippen molar-refractivity contribution in [1.82, 2.24) is 9.97 Å². The van der Waals surface area contributed by atoms with Gasteiger partial charge in [-0.05, 0) is 18.2 Å². The number of hydrogen-bond donors (Lipinski definition) is 1. The van der Waals surface area contributed by atoms with E-state index < -0.39 is 5.97 Å². The molecule has 0 saturated heterocycles. The largest absolute Gasteiger partial charge is 0.545 e. The smallest absolute Gasteiger partial charge is 0.258 e. The summed E-state index contributed by atoms with van der Waals surface area (Å²) >= 11 is 1.29. The number of aromatic nitrogens is 2. The second-order valence-electron chi connectivity index (χ2n) is 4.60. The zero-order chi connectivity index (χ0) is 15.5. The van der Waals surface area contributed by atoms with E-state index in [0.717, 1.165) is 0 Å². The first-order chi connectivity index (χ1) is 10.6. The fourth-order valence-corrected chi connectivity index (χ4v) is 3.02. The topological polar surface area (TPSA) is 85.9 Å². The molecule has 110 valence electrons. The predicted molar refractivity (Wildman–Crippen MR) is 82.7 cm³/mol. The van der Waals surface area contributed by atoms with Crippen molar-refractivity contribution in [2.24, 2.45) is 0 Å². The molecule has 0 unspecified atom stereocenters. The van der Waals surface area contributed by atoms with E-state index in [4.69, 9.17) is 0 Å². The summed E-state index contributed by atoms with van der Waals surface area (Å²) in [6, 6.07) is 13.7. The average Bonchev–Trinajstić information content (AvgIpc) is 2.53. The van der Waals surface area contributed by atoms with Crippen LogP contribution >= 0.6 is 11.8 Å². The van der Waals surface area contributed by atoms with Crippen molar-refractivity contribution >= 4 is 28.6 Å². The van der Waals surface area contributed by atoms with Crippen LogP contribution in [0.4, 0.5) is 0 Å². The Morgan fingerprint density at radius 2 is 1.86 bits per heavy atom. The van der Waals surface area contributed by atoms with Crippen LogP contribution in [0.2, 0.25) is 0 Å². The number of rotatable bonds is 4. The lowest BCUT2D eigenvalue weighted by molar-refractivity contribution is -0.255. The molecule has 0 aliphatic heterocycles. The number of carboxylic acid groups (broad SMARTS) is 1. The van der Waals surface area contributed by atoms with Crippen LogP contribution in [0.1, 0.15) is 16.2 Å². The van der Waals surface area contributed by atoms with Crippen molar-refractivity contribution < 1.29 is 9.90 Å². The highest BCUT2D eigenvalue weighted by Crippen LogP contribution is 2.25. The Bertz CT molecular complexity index is 905. The number of H-pyrrole nitrogens is 1. The van der Waals surface area contributed by atoms with Gasteiger partial charge in [0.15, 0.2) is 0 Å². The molecule has 0 fully saturated rings. The van der Waals surface area contributed by atoms with E-state index in [0.29, 0.717) is 27.4 Å². The first kappa shape index (κ1) is 14.3. The Kier molecular flexibility index (Phi) is 3.93. The summed E-state index contributed by atoms with van der Waals surface area (Å²) in [6.07, 6.45) is 0. The molecule has 3 aromatic rings. The lowest BCUT2D eigenvalue weighted by Crippen LogP contribution is -2.22. The summed E-state index contributed by atoms with van der Waals surface area (Å²) in [5.74, 6) is -0.352. The third-order valence-corrected chi connectivity index (χ3v) is 4.22. The second kappa shape index (κ2) is 6.03. The Balaban J connectivity index is 1.89. The number of aromatic amines is 1. The fourth-order valence-electron chi connectivity index (χ4n) is 2.11. The summed E-state index contributed by atoms with van der Waals surface area (Å²) in [7, 11) is 0. The highest BCUT2D eigenvalue weighted by molar-refractivity contribution is 7.98. The van der Waals surface area contributed by atoms with Crippen molar-refractivity contribution in [2.75, 3.05) is 0 Å². The minimum atomic E-state index is -1.22. The number of thioether (sulfide) groups is 1. The van der Waals surface area contributed by atoms with E-state index >= 15 is 0 Å². The molecule has 1 aromatic heterocycles. The Labute approximate surface area is 130 Å². The van der Waals surface area contributed by atoms with Gasteiger partial charge in [-0.25, -0.2) is 4.98 Å². The van der Waals surface area contributed by atoms with E-state index in [-0.39, 0.29) is 11.1 Å². The van der Waals surface area contributed by atoms with E-state index in [1.54, 1.807) is 36.4 Å². The van der Waals surface area contributed by atoms with Crippen molar-refractivity contribution in [3.8, 4) is 0 Å². The molecular formula is C16H11N2O3S-. The van der Waals surface area contributed by atoms with Crippen LogP contribution in [0.3, 0.4) is 0 Å². The molecule has 1 heterocycles. The first-order valence-corrected chi connectivity index (χ1v) is 7.55. The van der Waals surface area contributed by atoms with Crippen LogP contribution in [0.5, 0.6) is 0 Å². The summed E-state index contributed by atoms with van der Waals surface area (Å²) in [5, 5.41) is 11.6. The number of nitrogens with one attached hydrogen (secondary N) is 1. The monoisotopic (exact) mass is 311 g/mol. The molecule has 3 rings (SSSR count). The Morgan fingerprint density at radius 1 is 1.14 bits per heavy atom. The van der Waals surface area contributed by atoms with Crippen molar-refractivity contribution in [3.05, 3.63) is 70.3 Å². The van der Waals surface area contributed by atoms with E-state index in [1.807, 2.05) is 6.07 Å². The normalized spacial score (nSPS) is 10.7. The molecular weight excluding hydrogens is 300 g/mol. The van der Waals surface area contributed by atoms with Gasteiger partial charge in [0.2, 0.25) is 0 Å². The number of para-hydroxylation sites is 1. The quantitative estimate of drug-likeness (QED) is 0.739. The summed E-state index contributed by atoms with van der Waals surface area (Å²) in [4.78, 5) is 30.7. The number of benzene rings is 2. The van der Waals surface area contributed by atoms with Gasteiger partial charge in [-0.15, -0.1) is 11.8 Å². The van der Waals surface area contributed by atoms with Gasteiger partial charge in [-0.1, -0.05) is 30.3 Å². The van der Waals surface area contributed by atoms with Crippen LogP contribution in [0, 0.1) is 0 Å². The molecule has 1 N–H and O–H groups in total. The number of carbonyl (C=O) groups excluding carboxylic acids is 1. The molecule has 0 spiro atoms. The molecule has 2 aromatic carbocycles. The van der Waals surface area contributed by atoms with Gasteiger partial charge in [-0.2, -0.15) is 0 Å². The second-order valence-corrected chi connectivity index (χ2v) is 5.62. The van der Waals surface area contributed by atoms with Crippen LogP contribution < -0.4 is 10.7 Å². The number of carbonyl (C=O) groups is 1. The Hall–Kier alpha value is -2.60. The maximum Gasteiger partial charge on any atom is 0.258 e. The lowest BCUT2D eigenvalue weighted by atomic mass is 10.2. The summed E-state index contributed by atoms with van der Waals surface area (Å²) < 4.78 is 0. The predicted octanol–water partition coefficient (Wildman–Crippen LogP) is 1.58. The number of hydrogen-bond acceptors (Lipinski definition) is 5. The molecule has 5 nitrogen and oxygen atoms in total. The van der Waals surface area contributed by atoms with Gasteiger partial charge in [-0.3, -0.25) is 4.79 Å². The van der Waals surface area contributed by atoms with Crippen LogP contribution in [0.25, 0.3) is 10.9 Å². The molecule has 0 atom stereocenters. The van der Waals surface area contributed by atoms with Crippen molar-refractivity contribution in [2.45, 2.75) is 10.6 Å². The molecule has 22 heavy (non-hydrogen) atoms. The van der Waals surface area contributed by atoms with Crippen LogP contribution in [0.15, 0.2) is 58.2 Å². The van der Waals surface area contributed by atoms with Gasteiger partial charge in [0.05, 0.1) is 22.6 Å². The van der Waals surface area contributed by atoms with Crippen molar-refractivity contribution in [1.29, 1.82) is 0 Å². The summed E-state index contributed by atoms with van der Waals surface area (Å²) in [6.45, 7) is 0. The zero-order valence-corrected chi connectivity index (χ0v) is 12.2. The zero-order valence-electron chi connectivity index (χ0n) is 11.4. The fraction of sp³-hybridized carbons (Fsp3) is 0.0625. The molecule has 0 aliphatic rings. The maximum absolute atomic E-state index is 12.0. The maximum atomic E-state index is 12.0. The first-order valence-electron chi connectivity index (χ1n) is 6.56. The summed E-state index contributed by atoms with van der Waals surface area (Å²) in [5.41, 5.74) is 0.556. The van der Waals surface area contributed by atoms with E-state index in [9.17, 15) is 14.7 Å². The Morgan fingerprint density at radius 3 is 2.68 bits per heavy atom. The van der Waals surface area contributed by atoms with E-state index in [2.05, 4.69) is 9.97 Å². The van der Waals surface area contributed by atoms with Gasteiger partial charge >= 0.3 is 0 Å². The highest BCUT2D eigenvalue weighted by atomic mass is 32.2. The van der Waals surface area contributed by atoms with Gasteiger partial charge in [0.25, 0.3) is 5.56 Å². The van der Waals surface area contributed by atoms with Gasteiger partial charge in [0.1, 0.15) is 5.82 Å². The molecule has 0 bridgehead atoms. The van der Waals surface area contributed by atoms with Gasteiger partial charge < -0.3 is 14.9 Å². The minimum Gasteiger partial charge on any atom is -0.545 e. The molecule has 0 radical (unpaired) electrons. The van der Waals surface area contributed by atoms with Gasteiger partial charge in [0, 0.05) is 10.5 Å². The third-order valence-electron chi connectivity index (χ3n) is 3.13. The molecule has 0 aliphatic carbocycles. The number of carboxylic acids is 1. The molecule has 0 amide bonds. The number of fused-ring (bicyclic) bond motifs is 1. The standard InChI is InChI=1S/C16H12N2O3S/c19-15-10-5-1-3-7-12(10)17-14(18-15)9-22-13-8-4-2-6-11(13)16(20)21/h1-8H,9H2,(H,20,21)(H,17,18,19)/p-1. The van der Waals surface area contributed by atoms with E-state index in [1.165, 1.54) is 17.8 Å².